The van der Waals surface area contributed by atoms with Crippen molar-refractivity contribution in [3.8, 4) is 0 Å². The summed E-state index contributed by atoms with van der Waals surface area (Å²) in [5.74, 6) is -1.03. The Hall–Kier alpha value is -2.53. The molecule has 134 valence electrons. The number of esters is 2. The van der Waals surface area contributed by atoms with Gasteiger partial charge in [0, 0.05) is 11.4 Å². The summed E-state index contributed by atoms with van der Waals surface area (Å²) in [5, 5.41) is 0.647. The lowest BCUT2D eigenvalue weighted by Gasteiger charge is -2.43. The average molecular weight is 372 g/mol. The van der Waals surface area contributed by atoms with E-state index in [1.165, 1.54) is 0 Å². The average Bonchev–Trinajstić information content (AvgIpc) is 3.04. The number of nitrogens with zero attached hydrogens (tertiary/aromatic N) is 1. The van der Waals surface area contributed by atoms with Crippen LogP contribution in [0.1, 0.15) is 41.7 Å². The highest BCUT2D eigenvalue weighted by molar-refractivity contribution is 6.30. The highest BCUT2D eigenvalue weighted by Crippen LogP contribution is 2.51. The Kier molecular flexibility index (Phi) is 4.11. The van der Waals surface area contributed by atoms with Crippen LogP contribution in [-0.2, 0) is 14.3 Å². The Morgan fingerprint density at radius 1 is 1.27 bits per heavy atom. The predicted molar refractivity (Wildman–Crippen MR) is 97.1 cm³/mol. The van der Waals surface area contributed by atoms with E-state index in [1.807, 2.05) is 41.3 Å². The molecule has 2 aromatic rings. The molecule has 26 heavy (non-hydrogen) atoms. The molecule has 0 saturated carbocycles. The van der Waals surface area contributed by atoms with E-state index in [0.29, 0.717) is 29.1 Å². The van der Waals surface area contributed by atoms with Crippen molar-refractivity contribution < 1.29 is 19.1 Å². The molecule has 2 aliphatic heterocycles. The first-order chi connectivity index (χ1) is 12.6. The number of hydrogen-bond donors (Lipinski definition) is 0. The first-order valence-corrected chi connectivity index (χ1v) is 8.99. The molecule has 6 heteroatoms. The van der Waals surface area contributed by atoms with Gasteiger partial charge in [0.25, 0.3) is 5.72 Å². The summed E-state index contributed by atoms with van der Waals surface area (Å²) in [7, 11) is 0. The van der Waals surface area contributed by atoms with Gasteiger partial charge in [0.1, 0.15) is 0 Å². The summed E-state index contributed by atoms with van der Waals surface area (Å²) in [4.78, 5) is 27.3. The van der Waals surface area contributed by atoms with Crippen LogP contribution in [0, 0.1) is 0 Å². The second kappa shape index (κ2) is 6.32. The van der Waals surface area contributed by atoms with E-state index >= 15 is 0 Å². The maximum absolute atomic E-state index is 12.8. The number of halogens is 1. The molecule has 5 nitrogen and oxygen atoms in total. The van der Waals surface area contributed by atoms with Crippen LogP contribution < -0.4 is 4.90 Å². The van der Waals surface area contributed by atoms with Crippen LogP contribution in [0.25, 0.3) is 0 Å². The van der Waals surface area contributed by atoms with Crippen LogP contribution in [-0.4, -0.2) is 24.3 Å². The van der Waals surface area contributed by atoms with E-state index in [1.54, 1.807) is 19.1 Å². The quantitative estimate of drug-likeness (QED) is 0.760. The van der Waals surface area contributed by atoms with Crippen LogP contribution in [0.2, 0.25) is 5.02 Å². The van der Waals surface area contributed by atoms with Crippen molar-refractivity contribution in [2.75, 3.05) is 11.5 Å². The summed E-state index contributed by atoms with van der Waals surface area (Å²) >= 11 is 6.02. The highest BCUT2D eigenvalue weighted by atomic mass is 35.5. The van der Waals surface area contributed by atoms with Gasteiger partial charge in [0.2, 0.25) is 0 Å². The fourth-order valence-electron chi connectivity index (χ4n) is 3.85. The molecule has 2 aliphatic rings. The standard InChI is InChI=1S/C20H18ClNO4/c1-2-25-19(24)20-12-11-16(13-7-9-14(21)10-8-13)22(20)17-6-4-3-5-15(17)18(23)26-20/h3-10,16H,2,11-12H2,1H3/t16-,20-/m0/s1. The van der Waals surface area contributed by atoms with Gasteiger partial charge in [-0.15, -0.1) is 0 Å². The van der Waals surface area contributed by atoms with Gasteiger partial charge in [-0.2, -0.15) is 0 Å². The number of carbonyl (C=O) groups excluding carboxylic acids is 2. The van der Waals surface area contributed by atoms with Crippen molar-refractivity contribution in [1.82, 2.24) is 0 Å². The Balaban J connectivity index is 1.86. The molecule has 0 radical (unpaired) electrons. The number of rotatable bonds is 3. The molecule has 0 aromatic heterocycles. The maximum Gasteiger partial charge on any atom is 0.372 e. The van der Waals surface area contributed by atoms with Gasteiger partial charge in [-0.05, 0) is 43.2 Å². The minimum absolute atomic E-state index is 0.120. The molecule has 2 heterocycles. The number of benzene rings is 2. The Morgan fingerprint density at radius 3 is 2.73 bits per heavy atom. The summed E-state index contributed by atoms with van der Waals surface area (Å²) in [6.45, 7) is 1.96. The molecule has 0 spiro atoms. The monoisotopic (exact) mass is 371 g/mol. The molecule has 0 aliphatic carbocycles. The molecule has 1 fully saturated rings. The number of hydrogen-bond acceptors (Lipinski definition) is 5. The number of anilines is 1. The zero-order valence-corrected chi connectivity index (χ0v) is 15.0. The van der Waals surface area contributed by atoms with Gasteiger partial charge < -0.3 is 14.4 Å². The normalized spacial score (nSPS) is 23.8. The van der Waals surface area contributed by atoms with Crippen LogP contribution >= 0.6 is 11.6 Å². The second-order valence-corrected chi connectivity index (χ2v) is 6.82. The van der Waals surface area contributed by atoms with Crippen molar-refractivity contribution in [2.24, 2.45) is 0 Å². The highest BCUT2D eigenvalue weighted by Gasteiger charge is 2.59. The SMILES string of the molecule is CCOC(=O)[C@@]12CC[C@@H](c3ccc(Cl)cc3)N1c1ccccc1C(=O)O2. The minimum atomic E-state index is -1.42. The summed E-state index contributed by atoms with van der Waals surface area (Å²) in [6, 6.07) is 14.6. The molecular weight excluding hydrogens is 354 g/mol. The van der Waals surface area contributed by atoms with E-state index in [9.17, 15) is 9.59 Å². The van der Waals surface area contributed by atoms with E-state index in [-0.39, 0.29) is 12.6 Å². The van der Waals surface area contributed by atoms with Crippen molar-refractivity contribution in [3.05, 3.63) is 64.7 Å². The van der Waals surface area contributed by atoms with Crippen molar-refractivity contribution in [1.29, 1.82) is 0 Å². The first-order valence-electron chi connectivity index (χ1n) is 8.61. The summed E-state index contributed by atoms with van der Waals surface area (Å²) < 4.78 is 11.0. The zero-order chi connectivity index (χ0) is 18.3. The lowest BCUT2D eigenvalue weighted by Crippen LogP contribution is -2.58. The Morgan fingerprint density at radius 2 is 2.00 bits per heavy atom. The lowest BCUT2D eigenvalue weighted by molar-refractivity contribution is -0.165. The van der Waals surface area contributed by atoms with Crippen molar-refractivity contribution >= 4 is 29.2 Å². The molecule has 0 amide bonds. The summed E-state index contributed by atoms with van der Waals surface area (Å²) in [5.41, 5.74) is 0.724. The van der Waals surface area contributed by atoms with Gasteiger partial charge in [-0.3, -0.25) is 0 Å². The number of carbonyl (C=O) groups is 2. The molecule has 4 rings (SSSR count). The summed E-state index contributed by atoms with van der Waals surface area (Å²) in [6.07, 6.45) is 1.03. The van der Waals surface area contributed by atoms with Gasteiger partial charge in [-0.25, -0.2) is 9.59 Å². The van der Waals surface area contributed by atoms with Gasteiger partial charge >= 0.3 is 11.9 Å². The van der Waals surface area contributed by atoms with Gasteiger partial charge in [0.05, 0.1) is 23.9 Å². The first kappa shape index (κ1) is 16.9. The number of fused-ring (bicyclic) bond motifs is 3. The van der Waals surface area contributed by atoms with Gasteiger partial charge in [0.15, 0.2) is 0 Å². The Labute approximate surface area is 156 Å². The molecule has 0 bridgehead atoms. The number of para-hydroxylation sites is 1. The fourth-order valence-corrected chi connectivity index (χ4v) is 3.97. The lowest BCUT2D eigenvalue weighted by atomic mass is 10.0. The molecule has 0 N–H and O–H groups in total. The third kappa shape index (κ3) is 2.46. The minimum Gasteiger partial charge on any atom is -0.462 e. The fraction of sp³-hybridized carbons (Fsp3) is 0.300. The third-order valence-electron chi connectivity index (χ3n) is 4.95. The van der Waals surface area contributed by atoms with Crippen molar-refractivity contribution in [2.45, 2.75) is 31.5 Å². The van der Waals surface area contributed by atoms with Crippen molar-refractivity contribution in [3.63, 3.8) is 0 Å². The van der Waals surface area contributed by atoms with E-state index in [4.69, 9.17) is 21.1 Å². The maximum atomic E-state index is 12.8. The van der Waals surface area contributed by atoms with Crippen LogP contribution in [0.3, 0.4) is 0 Å². The second-order valence-electron chi connectivity index (χ2n) is 6.39. The topological polar surface area (TPSA) is 55.8 Å². The molecule has 0 unspecified atom stereocenters. The smallest absolute Gasteiger partial charge is 0.372 e. The van der Waals surface area contributed by atoms with Crippen LogP contribution in [0.4, 0.5) is 5.69 Å². The molecular formula is C20H18ClNO4. The van der Waals surface area contributed by atoms with E-state index < -0.39 is 17.7 Å². The van der Waals surface area contributed by atoms with Crippen LogP contribution in [0.15, 0.2) is 48.5 Å². The van der Waals surface area contributed by atoms with E-state index in [0.717, 1.165) is 5.56 Å². The van der Waals surface area contributed by atoms with Crippen LogP contribution in [0.5, 0.6) is 0 Å². The number of ether oxygens (including phenoxy) is 2. The van der Waals surface area contributed by atoms with E-state index in [2.05, 4.69) is 0 Å². The Bertz CT molecular complexity index is 866. The molecule has 1 saturated heterocycles. The zero-order valence-electron chi connectivity index (χ0n) is 14.3. The van der Waals surface area contributed by atoms with Gasteiger partial charge in [-0.1, -0.05) is 35.9 Å². The third-order valence-corrected chi connectivity index (χ3v) is 5.20. The predicted octanol–water partition coefficient (Wildman–Crippen LogP) is 4.11. The largest absolute Gasteiger partial charge is 0.462 e. The molecule has 2 aromatic carbocycles. The molecule has 2 atom stereocenters.